The minimum atomic E-state index is -0.225. The zero-order chi connectivity index (χ0) is 19.9. The van der Waals surface area contributed by atoms with Crippen LogP contribution >= 0.6 is 0 Å². The van der Waals surface area contributed by atoms with E-state index in [0.717, 1.165) is 48.7 Å². The number of carbonyl (C=O) groups is 1. The number of rotatable bonds is 6. The van der Waals surface area contributed by atoms with Crippen LogP contribution in [-0.4, -0.2) is 57.3 Å². The van der Waals surface area contributed by atoms with Gasteiger partial charge in [-0.25, -0.2) is 4.79 Å². The highest BCUT2D eigenvalue weighted by Crippen LogP contribution is 2.20. The molecule has 1 heterocycles. The quantitative estimate of drug-likeness (QED) is 0.753. The molecule has 2 amide bonds. The Morgan fingerprint density at radius 1 is 1.04 bits per heavy atom. The molecule has 28 heavy (non-hydrogen) atoms. The third kappa shape index (κ3) is 5.63. The molecule has 0 unspecified atom stereocenters. The van der Waals surface area contributed by atoms with Crippen molar-refractivity contribution in [2.45, 2.75) is 13.8 Å². The molecule has 1 aliphatic heterocycles. The molecule has 0 spiro atoms. The lowest BCUT2D eigenvalue weighted by molar-refractivity contribution is 0.247. The number of amides is 2. The lowest BCUT2D eigenvalue weighted by Crippen LogP contribution is -2.44. The fourth-order valence-electron chi connectivity index (χ4n) is 3.18. The topological polar surface area (TPSA) is 56.8 Å². The third-order valence-electron chi connectivity index (χ3n) is 4.98. The maximum absolute atomic E-state index is 12.1. The number of ether oxygens (including phenoxy) is 1. The number of aryl methyl sites for hydroxylation is 2. The number of hydrogen-bond acceptors (Lipinski definition) is 4. The first kappa shape index (κ1) is 20.0. The molecule has 150 valence electrons. The van der Waals surface area contributed by atoms with Gasteiger partial charge in [0.15, 0.2) is 0 Å². The summed E-state index contributed by atoms with van der Waals surface area (Å²) in [5, 5.41) is 5.69. The molecule has 0 bridgehead atoms. The summed E-state index contributed by atoms with van der Waals surface area (Å²) in [5.74, 6) is 0.863. The van der Waals surface area contributed by atoms with Crippen LogP contribution in [0.25, 0.3) is 0 Å². The lowest BCUT2D eigenvalue weighted by atomic mass is 10.1. The number of nitrogens with one attached hydrogen (secondary N) is 2. The number of nitrogens with zero attached hydrogens (tertiary/aromatic N) is 2. The number of benzene rings is 2. The van der Waals surface area contributed by atoms with Crippen molar-refractivity contribution in [2.24, 2.45) is 0 Å². The SMILES string of the molecule is Cc1ccc(C)c(OCCNC(=O)Nc2ccc(N3CCN(C)CC3)cc2)c1. The molecule has 1 aliphatic rings. The van der Waals surface area contributed by atoms with E-state index >= 15 is 0 Å². The van der Waals surface area contributed by atoms with Crippen LogP contribution < -0.4 is 20.3 Å². The van der Waals surface area contributed by atoms with Gasteiger partial charge in [0.05, 0.1) is 6.54 Å². The number of urea groups is 1. The first-order valence-corrected chi connectivity index (χ1v) is 9.80. The Labute approximate surface area is 167 Å². The summed E-state index contributed by atoms with van der Waals surface area (Å²) < 4.78 is 5.76. The maximum atomic E-state index is 12.1. The van der Waals surface area contributed by atoms with E-state index in [1.165, 1.54) is 5.69 Å². The highest BCUT2D eigenvalue weighted by Gasteiger charge is 2.14. The van der Waals surface area contributed by atoms with Crippen LogP contribution in [0, 0.1) is 13.8 Å². The van der Waals surface area contributed by atoms with Crippen molar-refractivity contribution >= 4 is 17.4 Å². The minimum absolute atomic E-state index is 0.225. The molecule has 0 aliphatic carbocycles. The Kier molecular flexibility index (Phi) is 6.76. The molecule has 1 fully saturated rings. The van der Waals surface area contributed by atoms with Crippen molar-refractivity contribution in [1.82, 2.24) is 10.2 Å². The van der Waals surface area contributed by atoms with Crippen molar-refractivity contribution < 1.29 is 9.53 Å². The van der Waals surface area contributed by atoms with Crippen LogP contribution in [0.1, 0.15) is 11.1 Å². The maximum Gasteiger partial charge on any atom is 0.319 e. The van der Waals surface area contributed by atoms with Crippen LogP contribution in [0.2, 0.25) is 0 Å². The molecule has 6 nitrogen and oxygen atoms in total. The van der Waals surface area contributed by atoms with Crippen molar-refractivity contribution in [3.63, 3.8) is 0 Å². The lowest BCUT2D eigenvalue weighted by Gasteiger charge is -2.34. The fourth-order valence-corrected chi connectivity index (χ4v) is 3.18. The molecule has 2 aromatic carbocycles. The summed E-state index contributed by atoms with van der Waals surface area (Å²) in [6, 6.07) is 13.9. The predicted molar refractivity (Wildman–Crippen MR) is 115 cm³/mol. The second kappa shape index (κ2) is 9.46. The van der Waals surface area contributed by atoms with E-state index in [-0.39, 0.29) is 6.03 Å². The molecular formula is C22H30N4O2. The molecular weight excluding hydrogens is 352 g/mol. The number of hydrogen-bond donors (Lipinski definition) is 2. The van der Waals surface area contributed by atoms with Gasteiger partial charge >= 0.3 is 6.03 Å². The van der Waals surface area contributed by atoms with Gasteiger partial charge in [-0.05, 0) is 62.4 Å². The van der Waals surface area contributed by atoms with Crippen molar-refractivity contribution in [3.8, 4) is 5.75 Å². The van der Waals surface area contributed by atoms with Crippen molar-refractivity contribution in [1.29, 1.82) is 0 Å². The summed E-state index contributed by atoms with van der Waals surface area (Å²) in [5.41, 5.74) is 4.23. The van der Waals surface area contributed by atoms with Gasteiger partial charge in [0.25, 0.3) is 0 Å². The van der Waals surface area contributed by atoms with Gasteiger partial charge in [0, 0.05) is 37.6 Å². The summed E-state index contributed by atoms with van der Waals surface area (Å²) >= 11 is 0. The van der Waals surface area contributed by atoms with Gasteiger partial charge < -0.3 is 25.2 Å². The molecule has 0 atom stereocenters. The largest absolute Gasteiger partial charge is 0.491 e. The zero-order valence-electron chi connectivity index (χ0n) is 17.0. The normalized spacial score (nSPS) is 14.6. The highest BCUT2D eigenvalue weighted by molar-refractivity contribution is 5.89. The van der Waals surface area contributed by atoms with Gasteiger partial charge in [-0.2, -0.15) is 0 Å². The summed E-state index contributed by atoms with van der Waals surface area (Å²) in [7, 11) is 2.15. The molecule has 1 saturated heterocycles. The Hall–Kier alpha value is -2.73. The zero-order valence-corrected chi connectivity index (χ0v) is 17.0. The van der Waals surface area contributed by atoms with Gasteiger partial charge in [-0.3, -0.25) is 0 Å². The average Bonchev–Trinajstić information content (AvgIpc) is 2.69. The van der Waals surface area contributed by atoms with Crippen molar-refractivity contribution in [2.75, 3.05) is 56.6 Å². The molecule has 2 aromatic rings. The van der Waals surface area contributed by atoms with Crippen LogP contribution in [0.4, 0.5) is 16.2 Å². The second-order valence-electron chi connectivity index (χ2n) is 7.34. The first-order valence-electron chi connectivity index (χ1n) is 9.80. The number of piperazine rings is 1. The third-order valence-corrected chi connectivity index (χ3v) is 4.98. The molecule has 0 aromatic heterocycles. The monoisotopic (exact) mass is 382 g/mol. The van der Waals surface area contributed by atoms with Crippen LogP contribution in [0.5, 0.6) is 5.75 Å². The Balaban J connectivity index is 1.40. The summed E-state index contributed by atoms with van der Waals surface area (Å²) in [6.45, 7) is 9.14. The highest BCUT2D eigenvalue weighted by atomic mass is 16.5. The number of likely N-dealkylation sites (N-methyl/N-ethyl adjacent to an activating group) is 1. The minimum Gasteiger partial charge on any atom is -0.491 e. The van der Waals surface area contributed by atoms with E-state index < -0.39 is 0 Å². The molecule has 0 saturated carbocycles. The number of carbonyl (C=O) groups excluding carboxylic acids is 1. The summed E-state index contributed by atoms with van der Waals surface area (Å²) in [4.78, 5) is 16.8. The van der Waals surface area contributed by atoms with Crippen LogP contribution in [0.3, 0.4) is 0 Å². The van der Waals surface area contributed by atoms with Crippen LogP contribution in [-0.2, 0) is 0 Å². The first-order chi connectivity index (χ1) is 13.5. The van der Waals surface area contributed by atoms with Crippen LogP contribution in [0.15, 0.2) is 42.5 Å². The van der Waals surface area contributed by atoms with E-state index in [1.807, 2.05) is 38.1 Å². The molecule has 0 radical (unpaired) electrons. The molecule has 3 rings (SSSR count). The second-order valence-corrected chi connectivity index (χ2v) is 7.34. The van der Waals surface area contributed by atoms with E-state index in [4.69, 9.17) is 4.74 Å². The van der Waals surface area contributed by atoms with Gasteiger partial charge in [0.1, 0.15) is 12.4 Å². The average molecular weight is 383 g/mol. The Morgan fingerprint density at radius 2 is 1.75 bits per heavy atom. The fraction of sp³-hybridized carbons (Fsp3) is 0.409. The number of anilines is 2. The van der Waals surface area contributed by atoms with E-state index in [0.29, 0.717) is 13.2 Å². The standard InChI is InChI=1S/C22H30N4O2/c1-17-4-5-18(2)21(16-17)28-15-10-23-22(27)24-19-6-8-20(9-7-19)26-13-11-25(3)12-14-26/h4-9,16H,10-15H2,1-3H3,(H2,23,24,27). The van der Waals surface area contributed by atoms with Gasteiger partial charge in [-0.15, -0.1) is 0 Å². The predicted octanol–water partition coefficient (Wildman–Crippen LogP) is 3.26. The smallest absolute Gasteiger partial charge is 0.319 e. The van der Waals surface area contributed by atoms with E-state index in [1.54, 1.807) is 0 Å². The van der Waals surface area contributed by atoms with E-state index in [2.05, 4.69) is 45.7 Å². The Bertz CT molecular complexity index is 784. The van der Waals surface area contributed by atoms with Crippen molar-refractivity contribution in [3.05, 3.63) is 53.6 Å². The van der Waals surface area contributed by atoms with E-state index in [9.17, 15) is 4.79 Å². The molecule has 6 heteroatoms. The Morgan fingerprint density at radius 3 is 2.46 bits per heavy atom. The van der Waals surface area contributed by atoms with Gasteiger partial charge in [0.2, 0.25) is 0 Å². The summed E-state index contributed by atoms with van der Waals surface area (Å²) in [6.07, 6.45) is 0. The van der Waals surface area contributed by atoms with Gasteiger partial charge in [-0.1, -0.05) is 12.1 Å². The molecule has 2 N–H and O–H groups in total.